The number of amides is 1. The average molecular weight is 439 g/mol. The molecule has 0 atom stereocenters. The molecular formula is C23H26N4O3S. The summed E-state index contributed by atoms with van der Waals surface area (Å²) in [5.41, 5.74) is 2.89. The second kappa shape index (κ2) is 9.43. The lowest BCUT2D eigenvalue weighted by molar-refractivity contribution is -0.127. The molecule has 2 aromatic carbocycles. The van der Waals surface area contributed by atoms with Gasteiger partial charge in [-0.3, -0.25) is 9.36 Å². The molecule has 1 aliphatic rings. The van der Waals surface area contributed by atoms with Crippen LogP contribution in [0.15, 0.2) is 47.6 Å². The fraction of sp³-hybridized carbons (Fsp3) is 0.348. The summed E-state index contributed by atoms with van der Waals surface area (Å²) in [7, 11) is 3.24. The molecule has 0 N–H and O–H groups in total. The molecule has 1 fully saturated rings. The van der Waals surface area contributed by atoms with E-state index < -0.39 is 0 Å². The molecular weight excluding hydrogens is 412 g/mol. The quantitative estimate of drug-likeness (QED) is 0.520. The molecule has 4 rings (SSSR count). The number of methoxy groups -OCH3 is 2. The van der Waals surface area contributed by atoms with Gasteiger partial charge in [-0.15, -0.1) is 10.2 Å². The third kappa shape index (κ3) is 4.54. The van der Waals surface area contributed by atoms with Gasteiger partial charge in [-0.25, -0.2) is 0 Å². The zero-order valence-electron chi connectivity index (χ0n) is 18.0. The number of hydrogen-bond donors (Lipinski definition) is 0. The van der Waals surface area contributed by atoms with Crippen LogP contribution in [0.25, 0.3) is 17.1 Å². The third-order valence-electron chi connectivity index (χ3n) is 5.38. The van der Waals surface area contributed by atoms with Gasteiger partial charge in [-0.1, -0.05) is 30.0 Å². The van der Waals surface area contributed by atoms with Crippen LogP contribution in [0.2, 0.25) is 0 Å². The maximum absolute atomic E-state index is 12.6. The molecule has 0 bridgehead atoms. The maximum Gasteiger partial charge on any atom is 0.233 e. The predicted octanol–water partition coefficient (Wildman–Crippen LogP) is 3.97. The Bertz CT molecular complexity index is 1050. The maximum atomic E-state index is 12.6. The zero-order chi connectivity index (χ0) is 21.8. The van der Waals surface area contributed by atoms with Crippen LogP contribution in [0.5, 0.6) is 11.5 Å². The zero-order valence-corrected chi connectivity index (χ0v) is 18.8. The number of hydrogen-bond acceptors (Lipinski definition) is 6. The van der Waals surface area contributed by atoms with Crippen LogP contribution in [0, 0.1) is 6.92 Å². The molecule has 0 radical (unpaired) electrons. The van der Waals surface area contributed by atoms with Crippen molar-refractivity contribution in [2.24, 2.45) is 0 Å². The Morgan fingerprint density at radius 1 is 1.03 bits per heavy atom. The Balaban J connectivity index is 1.74. The first-order valence-corrected chi connectivity index (χ1v) is 11.2. The van der Waals surface area contributed by atoms with E-state index in [1.165, 1.54) is 11.8 Å². The molecule has 0 unspecified atom stereocenters. The highest BCUT2D eigenvalue weighted by molar-refractivity contribution is 7.99. The van der Waals surface area contributed by atoms with Crippen molar-refractivity contribution in [1.82, 2.24) is 19.7 Å². The van der Waals surface area contributed by atoms with Crippen LogP contribution in [-0.2, 0) is 4.79 Å². The van der Waals surface area contributed by atoms with Gasteiger partial charge in [-0.2, -0.15) is 0 Å². The number of carbonyl (C=O) groups is 1. The van der Waals surface area contributed by atoms with E-state index in [-0.39, 0.29) is 5.91 Å². The summed E-state index contributed by atoms with van der Waals surface area (Å²) < 4.78 is 12.9. The highest BCUT2D eigenvalue weighted by atomic mass is 32.2. The van der Waals surface area contributed by atoms with Gasteiger partial charge in [0.1, 0.15) is 11.5 Å². The first-order chi connectivity index (χ1) is 15.1. The molecule has 2 heterocycles. The number of likely N-dealkylation sites (tertiary alicyclic amines) is 1. The highest BCUT2D eigenvalue weighted by Crippen LogP contribution is 2.33. The Morgan fingerprint density at radius 3 is 2.35 bits per heavy atom. The van der Waals surface area contributed by atoms with Crippen LogP contribution >= 0.6 is 11.8 Å². The molecule has 1 amide bonds. The average Bonchev–Trinajstić information content (AvgIpc) is 3.48. The van der Waals surface area contributed by atoms with E-state index in [2.05, 4.69) is 23.2 Å². The number of aryl methyl sites for hydroxylation is 1. The number of carbonyl (C=O) groups excluding carboxylic acids is 1. The van der Waals surface area contributed by atoms with Gasteiger partial charge in [0.2, 0.25) is 5.91 Å². The molecule has 0 aliphatic carbocycles. The predicted molar refractivity (Wildman–Crippen MR) is 121 cm³/mol. The van der Waals surface area contributed by atoms with Crippen molar-refractivity contribution in [2.45, 2.75) is 24.9 Å². The van der Waals surface area contributed by atoms with Crippen molar-refractivity contribution in [3.05, 3.63) is 48.0 Å². The molecule has 3 aromatic rings. The molecule has 0 saturated carbocycles. The normalized spacial score (nSPS) is 13.5. The molecule has 0 spiro atoms. The van der Waals surface area contributed by atoms with Crippen LogP contribution in [0.1, 0.15) is 18.4 Å². The van der Waals surface area contributed by atoms with Crippen molar-refractivity contribution in [2.75, 3.05) is 33.1 Å². The number of benzene rings is 2. The van der Waals surface area contributed by atoms with E-state index in [4.69, 9.17) is 9.47 Å². The van der Waals surface area contributed by atoms with Crippen LogP contribution in [0.4, 0.5) is 0 Å². The van der Waals surface area contributed by atoms with E-state index in [1.54, 1.807) is 14.2 Å². The minimum atomic E-state index is 0.145. The molecule has 1 saturated heterocycles. The fourth-order valence-electron chi connectivity index (χ4n) is 3.70. The second-order valence-electron chi connectivity index (χ2n) is 7.41. The summed E-state index contributed by atoms with van der Waals surface area (Å²) in [5, 5.41) is 9.61. The monoisotopic (exact) mass is 438 g/mol. The topological polar surface area (TPSA) is 69.5 Å². The second-order valence-corrected chi connectivity index (χ2v) is 8.35. The summed E-state index contributed by atoms with van der Waals surface area (Å²) in [6.07, 6.45) is 2.16. The summed E-state index contributed by atoms with van der Waals surface area (Å²) in [5.74, 6) is 2.50. The van der Waals surface area contributed by atoms with Crippen molar-refractivity contribution in [1.29, 1.82) is 0 Å². The molecule has 7 nitrogen and oxygen atoms in total. The summed E-state index contributed by atoms with van der Waals surface area (Å²) in [6, 6.07) is 13.7. The fourth-order valence-corrected chi connectivity index (χ4v) is 4.55. The smallest absolute Gasteiger partial charge is 0.233 e. The summed E-state index contributed by atoms with van der Waals surface area (Å²) >= 11 is 1.42. The lowest BCUT2D eigenvalue weighted by Crippen LogP contribution is -2.29. The van der Waals surface area contributed by atoms with Crippen LogP contribution in [0.3, 0.4) is 0 Å². The SMILES string of the molecule is COc1cc(OC)cc(-c2nnc(SCC(=O)N3CCCC3)n2-c2ccccc2C)c1. The molecule has 8 heteroatoms. The Hall–Kier alpha value is -3.00. The first-order valence-electron chi connectivity index (χ1n) is 10.3. The van der Waals surface area contributed by atoms with Gasteiger partial charge < -0.3 is 14.4 Å². The first kappa shape index (κ1) is 21.2. The van der Waals surface area contributed by atoms with Gasteiger partial charge in [-0.05, 0) is 43.5 Å². The van der Waals surface area contributed by atoms with E-state index in [0.29, 0.717) is 28.2 Å². The minimum absolute atomic E-state index is 0.145. The molecule has 1 aliphatic heterocycles. The van der Waals surface area contributed by atoms with Crippen LogP contribution < -0.4 is 9.47 Å². The van der Waals surface area contributed by atoms with Gasteiger partial charge in [0, 0.05) is 24.7 Å². The van der Waals surface area contributed by atoms with E-state index >= 15 is 0 Å². The van der Waals surface area contributed by atoms with Crippen molar-refractivity contribution < 1.29 is 14.3 Å². The molecule has 1 aromatic heterocycles. The van der Waals surface area contributed by atoms with Crippen LogP contribution in [-0.4, -0.2) is 58.6 Å². The number of rotatable bonds is 7. The number of para-hydroxylation sites is 1. The highest BCUT2D eigenvalue weighted by Gasteiger charge is 2.22. The standard InChI is InChI=1S/C23H26N4O3S/c1-16-8-4-5-9-20(16)27-22(17-12-18(29-2)14-19(13-17)30-3)24-25-23(27)31-15-21(28)26-10-6-7-11-26/h4-5,8-9,12-14H,6-7,10-11,15H2,1-3H3. The summed E-state index contributed by atoms with van der Waals surface area (Å²) in [6.45, 7) is 3.74. The van der Waals surface area contributed by atoms with Crippen molar-refractivity contribution >= 4 is 17.7 Å². The van der Waals surface area contributed by atoms with Gasteiger partial charge >= 0.3 is 0 Å². The van der Waals surface area contributed by atoms with Gasteiger partial charge in [0.25, 0.3) is 0 Å². The number of nitrogens with zero attached hydrogens (tertiary/aromatic N) is 4. The number of ether oxygens (including phenoxy) is 2. The Kier molecular flexibility index (Phi) is 6.46. The molecule has 31 heavy (non-hydrogen) atoms. The Morgan fingerprint density at radius 2 is 1.71 bits per heavy atom. The minimum Gasteiger partial charge on any atom is -0.497 e. The number of aromatic nitrogens is 3. The largest absolute Gasteiger partial charge is 0.497 e. The van der Waals surface area contributed by atoms with Gasteiger partial charge in [0.15, 0.2) is 11.0 Å². The van der Waals surface area contributed by atoms with E-state index in [0.717, 1.165) is 42.7 Å². The van der Waals surface area contributed by atoms with Crippen molar-refractivity contribution in [3.63, 3.8) is 0 Å². The summed E-state index contributed by atoms with van der Waals surface area (Å²) in [4.78, 5) is 14.5. The Labute approximate surface area is 186 Å². The van der Waals surface area contributed by atoms with Crippen molar-refractivity contribution in [3.8, 4) is 28.6 Å². The van der Waals surface area contributed by atoms with E-state index in [9.17, 15) is 4.79 Å². The third-order valence-corrected chi connectivity index (χ3v) is 6.30. The van der Waals surface area contributed by atoms with Gasteiger partial charge in [0.05, 0.1) is 25.7 Å². The van der Waals surface area contributed by atoms with E-state index in [1.807, 2.05) is 45.9 Å². The molecule has 162 valence electrons. The lowest BCUT2D eigenvalue weighted by atomic mass is 10.1. The lowest BCUT2D eigenvalue weighted by Gasteiger charge is -2.16. The number of thioether (sulfide) groups is 1.